The van der Waals surface area contributed by atoms with Crippen molar-refractivity contribution in [2.24, 2.45) is 0 Å². The Balaban J connectivity index is 4.32. The summed E-state index contributed by atoms with van der Waals surface area (Å²) >= 11 is 0. The average Bonchev–Trinajstić information content (AvgIpc) is 2.16. The predicted molar refractivity (Wildman–Crippen MR) is 75.8 cm³/mol. The van der Waals surface area contributed by atoms with Crippen LogP contribution in [0.25, 0.3) is 0 Å². The summed E-state index contributed by atoms with van der Waals surface area (Å²) in [5.74, 6) is 0. The van der Waals surface area contributed by atoms with Crippen LogP contribution in [0.3, 0.4) is 0 Å². The van der Waals surface area contributed by atoms with E-state index in [-0.39, 0.29) is 0 Å². The van der Waals surface area contributed by atoms with E-state index in [9.17, 15) is 4.79 Å². The van der Waals surface area contributed by atoms with Gasteiger partial charge >= 0.3 is 0 Å². The lowest BCUT2D eigenvalue weighted by Gasteiger charge is -2.41. The zero-order valence-electron chi connectivity index (χ0n) is 12.1. The molecule has 0 N–H and O–H groups in total. The van der Waals surface area contributed by atoms with Crippen molar-refractivity contribution in [3.05, 3.63) is 0 Å². The molecule has 0 bridgehead atoms. The molecule has 1 unspecified atom stereocenters. The lowest BCUT2D eigenvalue weighted by atomic mass is 10.1. The smallest absolute Gasteiger partial charge is 0.120 e. The minimum Gasteiger partial charge on any atom is -0.303 e. The van der Waals surface area contributed by atoms with Gasteiger partial charge in [-0.25, -0.2) is 0 Å². The lowest BCUT2D eigenvalue weighted by Crippen LogP contribution is -2.42. The van der Waals surface area contributed by atoms with Crippen molar-refractivity contribution in [2.45, 2.75) is 83.5 Å². The van der Waals surface area contributed by atoms with E-state index in [1.54, 1.807) is 0 Å². The van der Waals surface area contributed by atoms with Gasteiger partial charge in [-0.05, 0) is 11.5 Å². The van der Waals surface area contributed by atoms with Crippen LogP contribution in [0.1, 0.15) is 59.8 Å². The summed E-state index contributed by atoms with van der Waals surface area (Å²) < 4.78 is 0. The Bertz CT molecular complexity index is 203. The molecule has 0 aliphatic rings. The number of rotatable bonds is 7. The van der Waals surface area contributed by atoms with Gasteiger partial charge in [0.2, 0.25) is 0 Å². The molecule has 0 amide bonds. The van der Waals surface area contributed by atoms with Gasteiger partial charge in [0, 0.05) is 5.54 Å². The Hall–Kier alpha value is -0.113. The fraction of sp³-hybridized carbons (Fsp3) is 0.929. The van der Waals surface area contributed by atoms with E-state index in [4.69, 9.17) is 0 Å². The van der Waals surface area contributed by atoms with Gasteiger partial charge in [0.15, 0.2) is 0 Å². The Morgan fingerprint density at radius 3 is 2.06 bits per heavy atom. The van der Waals surface area contributed by atoms with E-state index < -0.39 is 8.07 Å². The number of carbonyl (C=O) groups excluding carboxylic acids is 1. The maximum atomic E-state index is 11.3. The first-order valence-corrected chi connectivity index (χ1v) is 9.80. The molecule has 0 aromatic heterocycles. The molecule has 1 nitrogen and oxygen atoms in total. The highest BCUT2D eigenvalue weighted by atomic mass is 28.3. The number of carbonyl (C=O) groups is 1. The maximum Gasteiger partial charge on any atom is 0.120 e. The second kappa shape index (κ2) is 6.58. The number of unbranched alkanes of at least 4 members (excludes halogenated alkanes) is 3. The summed E-state index contributed by atoms with van der Waals surface area (Å²) in [4.78, 5) is 11.3. The van der Waals surface area contributed by atoms with Crippen LogP contribution in [-0.2, 0) is 4.79 Å². The lowest BCUT2D eigenvalue weighted by molar-refractivity contribution is -0.108. The van der Waals surface area contributed by atoms with Gasteiger partial charge < -0.3 is 4.79 Å². The normalized spacial score (nSPS) is 14.9. The van der Waals surface area contributed by atoms with Crippen molar-refractivity contribution in [1.82, 2.24) is 0 Å². The third-order valence-corrected chi connectivity index (χ3v) is 10.5. The molecule has 0 saturated heterocycles. The van der Waals surface area contributed by atoms with Crippen LogP contribution in [0, 0.1) is 0 Å². The second-order valence-electron chi connectivity index (χ2n) is 6.56. The van der Waals surface area contributed by atoms with Gasteiger partial charge in [0.05, 0.1) is 8.07 Å². The molecule has 2 heteroatoms. The zero-order valence-corrected chi connectivity index (χ0v) is 13.1. The summed E-state index contributed by atoms with van der Waals surface area (Å²) in [6.45, 7) is 13.8. The summed E-state index contributed by atoms with van der Waals surface area (Å²) in [7, 11) is -1.46. The topological polar surface area (TPSA) is 17.1 Å². The summed E-state index contributed by atoms with van der Waals surface area (Å²) in [6.07, 6.45) is 7.44. The molecule has 1 atom stereocenters. The van der Waals surface area contributed by atoms with Crippen LogP contribution in [0.5, 0.6) is 0 Å². The van der Waals surface area contributed by atoms with E-state index in [0.29, 0.717) is 10.6 Å². The van der Waals surface area contributed by atoms with Crippen molar-refractivity contribution in [3.8, 4) is 0 Å². The molecule has 0 aliphatic heterocycles. The minimum absolute atomic E-state index is 0.323. The van der Waals surface area contributed by atoms with Crippen LogP contribution in [0.2, 0.25) is 23.7 Å². The highest BCUT2D eigenvalue weighted by molar-refractivity contribution is 6.83. The Labute approximate surface area is 103 Å². The largest absolute Gasteiger partial charge is 0.303 e. The van der Waals surface area contributed by atoms with Gasteiger partial charge in [-0.15, -0.1) is 0 Å². The Morgan fingerprint density at radius 2 is 1.69 bits per heavy atom. The highest BCUT2D eigenvalue weighted by Gasteiger charge is 2.41. The van der Waals surface area contributed by atoms with Crippen molar-refractivity contribution in [3.63, 3.8) is 0 Å². The third-order valence-electron chi connectivity index (χ3n) is 4.39. The zero-order chi connectivity index (χ0) is 12.8. The fourth-order valence-corrected chi connectivity index (χ4v) is 4.32. The Morgan fingerprint density at radius 1 is 1.12 bits per heavy atom. The second-order valence-corrected chi connectivity index (χ2v) is 12.2. The molecule has 0 heterocycles. The SMILES string of the molecule is CCCCCCC(C=O)[Si](C)(C)C(C)(C)C. The molecule has 0 aromatic rings. The maximum absolute atomic E-state index is 11.3. The molecular formula is C14H30OSi. The van der Waals surface area contributed by atoms with Crippen LogP contribution in [0.4, 0.5) is 0 Å². The molecule has 0 rings (SSSR count). The standard InChI is InChI=1S/C14H30OSi/c1-7-8-9-10-11-13(12-15)16(5,6)14(2,3)4/h12-13H,7-11H2,1-6H3. The van der Waals surface area contributed by atoms with E-state index in [2.05, 4.69) is 40.8 Å². The van der Waals surface area contributed by atoms with Crippen molar-refractivity contribution in [1.29, 1.82) is 0 Å². The van der Waals surface area contributed by atoms with Gasteiger partial charge in [-0.1, -0.05) is 66.5 Å². The molecule has 0 fully saturated rings. The molecular weight excluding hydrogens is 212 g/mol. The van der Waals surface area contributed by atoms with Crippen LogP contribution in [-0.4, -0.2) is 14.4 Å². The van der Waals surface area contributed by atoms with Gasteiger partial charge in [-0.3, -0.25) is 0 Å². The summed E-state index contributed by atoms with van der Waals surface area (Å²) in [5.41, 5.74) is 0.337. The molecule has 0 spiro atoms. The van der Waals surface area contributed by atoms with E-state index >= 15 is 0 Å². The van der Waals surface area contributed by atoms with E-state index in [1.807, 2.05) is 0 Å². The highest BCUT2D eigenvalue weighted by Crippen LogP contribution is 2.44. The molecule has 0 saturated carbocycles. The molecule has 0 radical (unpaired) electrons. The fourth-order valence-electron chi connectivity index (χ4n) is 1.95. The number of hydrogen-bond donors (Lipinski definition) is 0. The molecule has 16 heavy (non-hydrogen) atoms. The Kier molecular flexibility index (Phi) is 6.53. The van der Waals surface area contributed by atoms with Crippen LogP contribution >= 0.6 is 0 Å². The minimum atomic E-state index is -1.46. The molecule has 0 aromatic carbocycles. The van der Waals surface area contributed by atoms with Gasteiger partial charge in [0.25, 0.3) is 0 Å². The van der Waals surface area contributed by atoms with Crippen LogP contribution < -0.4 is 0 Å². The third kappa shape index (κ3) is 4.40. The van der Waals surface area contributed by atoms with Gasteiger partial charge in [0.1, 0.15) is 6.29 Å². The van der Waals surface area contributed by atoms with E-state index in [1.165, 1.54) is 32.0 Å². The van der Waals surface area contributed by atoms with Crippen LogP contribution in [0.15, 0.2) is 0 Å². The molecule has 0 aliphatic carbocycles. The summed E-state index contributed by atoms with van der Waals surface area (Å²) in [6, 6.07) is 0. The monoisotopic (exact) mass is 242 g/mol. The van der Waals surface area contributed by atoms with Crippen molar-refractivity contribution < 1.29 is 4.79 Å². The number of aldehydes is 1. The first kappa shape index (κ1) is 15.9. The van der Waals surface area contributed by atoms with Crippen molar-refractivity contribution in [2.75, 3.05) is 0 Å². The first-order chi connectivity index (χ1) is 7.27. The van der Waals surface area contributed by atoms with Crippen molar-refractivity contribution >= 4 is 14.4 Å². The van der Waals surface area contributed by atoms with E-state index in [0.717, 1.165) is 6.42 Å². The average molecular weight is 242 g/mol. The summed E-state index contributed by atoms with van der Waals surface area (Å²) in [5, 5.41) is 0.323. The quantitative estimate of drug-likeness (QED) is 0.347. The molecule has 96 valence electrons. The first-order valence-electron chi connectivity index (χ1n) is 6.72. The van der Waals surface area contributed by atoms with Gasteiger partial charge in [-0.2, -0.15) is 0 Å². The predicted octanol–water partition coefficient (Wildman–Crippen LogP) is 5.03. The number of hydrogen-bond acceptors (Lipinski definition) is 1.